The van der Waals surface area contributed by atoms with Crippen LogP contribution in [0.4, 0.5) is 0 Å². The molecule has 4 heteroatoms. The van der Waals surface area contributed by atoms with Gasteiger partial charge in [-0.3, -0.25) is 9.69 Å². The molecular formula is C14H20N2O2. The van der Waals surface area contributed by atoms with Gasteiger partial charge in [-0.05, 0) is 43.5 Å². The Labute approximate surface area is 108 Å². The quantitative estimate of drug-likeness (QED) is 0.874. The van der Waals surface area contributed by atoms with E-state index in [4.69, 9.17) is 10.5 Å². The summed E-state index contributed by atoms with van der Waals surface area (Å²) in [5.41, 5.74) is 7.93. The highest BCUT2D eigenvalue weighted by Gasteiger charge is 2.23. The molecule has 1 atom stereocenters. The first-order chi connectivity index (χ1) is 8.61. The zero-order valence-electron chi connectivity index (χ0n) is 11.0. The number of hydrogen-bond acceptors (Lipinski definition) is 3. The highest BCUT2D eigenvalue weighted by molar-refractivity contribution is 5.79. The Morgan fingerprint density at radius 1 is 1.50 bits per heavy atom. The van der Waals surface area contributed by atoms with Crippen LogP contribution in [0.25, 0.3) is 0 Å². The van der Waals surface area contributed by atoms with E-state index in [1.165, 1.54) is 11.1 Å². The predicted molar refractivity (Wildman–Crippen MR) is 70.4 cm³/mol. The molecule has 1 amide bonds. The lowest BCUT2D eigenvalue weighted by molar-refractivity contribution is -0.123. The number of carbonyl (C=O) groups is 1. The van der Waals surface area contributed by atoms with Crippen LogP contribution in [0.2, 0.25) is 0 Å². The molecule has 0 saturated heterocycles. The van der Waals surface area contributed by atoms with Crippen LogP contribution in [0, 0.1) is 0 Å². The van der Waals surface area contributed by atoms with Crippen molar-refractivity contribution in [2.75, 3.05) is 13.2 Å². The van der Waals surface area contributed by atoms with Gasteiger partial charge in [0.15, 0.2) is 0 Å². The van der Waals surface area contributed by atoms with E-state index in [0.29, 0.717) is 6.61 Å². The zero-order chi connectivity index (χ0) is 13.1. The van der Waals surface area contributed by atoms with E-state index in [1.54, 1.807) is 0 Å². The predicted octanol–water partition coefficient (Wildman–Crippen LogP) is 1.32. The number of nitrogens with two attached hydrogens (primary N) is 1. The number of primary amides is 1. The van der Waals surface area contributed by atoms with E-state index >= 15 is 0 Å². The normalized spacial score (nSPS) is 17.0. The summed E-state index contributed by atoms with van der Waals surface area (Å²) in [4.78, 5) is 13.3. The molecule has 1 aliphatic rings. The van der Waals surface area contributed by atoms with Gasteiger partial charge < -0.3 is 10.5 Å². The number of benzene rings is 1. The van der Waals surface area contributed by atoms with Crippen LogP contribution in [0.1, 0.15) is 25.0 Å². The smallest absolute Gasteiger partial charge is 0.234 e. The molecule has 0 spiro atoms. The number of amides is 1. The third kappa shape index (κ3) is 2.64. The molecular weight excluding hydrogens is 228 g/mol. The molecule has 0 bridgehead atoms. The fraction of sp³-hybridized carbons (Fsp3) is 0.500. The van der Waals surface area contributed by atoms with Gasteiger partial charge in [-0.1, -0.05) is 6.07 Å². The molecule has 0 aromatic heterocycles. The van der Waals surface area contributed by atoms with Gasteiger partial charge in [0, 0.05) is 13.1 Å². The van der Waals surface area contributed by atoms with Crippen LogP contribution >= 0.6 is 0 Å². The number of hydrogen-bond donors (Lipinski definition) is 1. The molecule has 1 heterocycles. The summed E-state index contributed by atoms with van der Waals surface area (Å²) in [6.45, 7) is 6.15. The van der Waals surface area contributed by atoms with Gasteiger partial charge in [0.05, 0.1) is 12.6 Å². The Balaban J connectivity index is 2.16. The molecule has 1 aromatic rings. The molecule has 2 N–H and O–H groups in total. The topological polar surface area (TPSA) is 55.6 Å². The number of rotatable bonds is 4. The lowest BCUT2D eigenvalue weighted by Gasteiger charge is -2.32. The molecule has 0 saturated carbocycles. The van der Waals surface area contributed by atoms with Crippen molar-refractivity contribution in [2.24, 2.45) is 5.73 Å². The summed E-state index contributed by atoms with van der Waals surface area (Å²) in [7, 11) is 0. The second kappa shape index (κ2) is 5.40. The largest absolute Gasteiger partial charge is 0.494 e. The van der Waals surface area contributed by atoms with Crippen molar-refractivity contribution in [1.82, 2.24) is 4.90 Å². The van der Waals surface area contributed by atoms with Crippen LogP contribution in [0.3, 0.4) is 0 Å². The number of ether oxygens (including phenoxy) is 1. The number of fused-ring (bicyclic) bond motifs is 1. The average molecular weight is 248 g/mol. The fourth-order valence-electron chi connectivity index (χ4n) is 2.32. The molecule has 0 fully saturated rings. The molecule has 1 aromatic carbocycles. The summed E-state index contributed by atoms with van der Waals surface area (Å²) >= 11 is 0. The standard InChI is InChI=1S/C14H20N2O2/c1-3-18-13-5-4-11-6-7-16(9-12(11)8-13)10(2)14(15)17/h4-5,8,10H,3,6-7,9H2,1-2H3,(H2,15,17). The molecule has 2 rings (SSSR count). The minimum atomic E-state index is -0.264. The van der Waals surface area contributed by atoms with Crippen molar-refractivity contribution >= 4 is 5.91 Å². The van der Waals surface area contributed by atoms with Gasteiger partial charge in [-0.2, -0.15) is 0 Å². The Morgan fingerprint density at radius 2 is 2.28 bits per heavy atom. The molecule has 4 nitrogen and oxygen atoms in total. The lowest BCUT2D eigenvalue weighted by Crippen LogP contribution is -2.45. The van der Waals surface area contributed by atoms with Gasteiger partial charge in [0.25, 0.3) is 0 Å². The van der Waals surface area contributed by atoms with Crippen molar-refractivity contribution in [3.63, 3.8) is 0 Å². The van der Waals surface area contributed by atoms with Gasteiger partial charge in [-0.25, -0.2) is 0 Å². The first-order valence-corrected chi connectivity index (χ1v) is 6.39. The first-order valence-electron chi connectivity index (χ1n) is 6.39. The van der Waals surface area contributed by atoms with Gasteiger partial charge in [0.2, 0.25) is 5.91 Å². The van der Waals surface area contributed by atoms with Gasteiger partial charge in [-0.15, -0.1) is 0 Å². The molecule has 98 valence electrons. The first kappa shape index (κ1) is 12.9. The van der Waals surface area contributed by atoms with E-state index in [2.05, 4.69) is 17.0 Å². The Kier molecular flexibility index (Phi) is 3.87. The maximum Gasteiger partial charge on any atom is 0.234 e. The summed E-state index contributed by atoms with van der Waals surface area (Å²) in [6.07, 6.45) is 0.958. The molecule has 0 radical (unpaired) electrons. The SMILES string of the molecule is CCOc1ccc2c(c1)CN(C(C)C(N)=O)CC2. The maximum absolute atomic E-state index is 11.2. The van der Waals surface area contributed by atoms with E-state index in [9.17, 15) is 4.79 Å². The number of carbonyl (C=O) groups excluding carboxylic acids is 1. The Bertz CT molecular complexity index is 445. The summed E-state index contributed by atoms with van der Waals surface area (Å²) < 4.78 is 5.50. The van der Waals surface area contributed by atoms with E-state index in [1.807, 2.05) is 19.9 Å². The van der Waals surface area contributed by atoms with Crippen LogP contribution < -0.4 is 10.5 Å². The third-order valence-electron chi connectivity index (χ3n) is 3.49. The monoisotopic (exact) mass is 248 g/mol. The van der Waals surface area contributed by atoms with Crippen molar-refractivity contribution in [2.45, 2.75) is 32.9 Å². The fourth-order valence-corrected chi connectivity index (χ4v) is 2.32. The minimum absolute atomic E-state index is 0.214. The second-order valence-electron chi connectivity index (χ2n) is 4.66. The lowest BCUT2D eigenvalue weighted by atomic mass is 9.98. The minimum Gasteiger partial charge on any atom is -0.494 e. The summed E-state index contributed by atoms with van der Waals surface area (Å²) in [6, 6.07) is 5.98. The highest BCUT2D eigenvalue weighted by atomic mass is 16.5. The summed E-state index contributed by atoms with van der Waals surface area (Å²) in [5, 5.41) is 0. The molecule has 1 unspecified atom stereocenters. The third-order valence-corrected chi connectivity index (χ3v) is 3.49. The van der Waals surface area contributed by atoms with Crippen molar-refractivity contribution in [3.8, 4) is 5.75 Å². The van der Waals surface area contributed by atoms with Crippen LogP contribution in [0.5, 0.6) is 5.75 Å². The van der Waals surface area contributed by atoms with Crippen LogP contribution in [-0.4, -0.2) is 30.0 Å². The van der Waals surface area contributed by atoms with E-state index in [0.717, 1.165) is 25.3 Å². The second-order valence-corrected chi connectivity index (χ2v) is 4.66. The number of nitrogens with zero attached hydrogens (tertiary/aromatic N) is 1. The van der Waals surface area contributed by atoms with E-state index < -0.39 is 0 Å². The van der Waals surface area contributed by atoms with Gasteiger partial charge in [0.1, 0.15) is 5.75 Å². The van der Waals surface area contributed by atoms with Crippen LogP contribution in [0.15, 0.2) is 18.2 Å². The zero-order valence-corrected chi connectivity index (χ0v) is 11.0. The Hall–Kier alpha value is -1.55. The summed E-state index contributed by atoms with van der Waals surface area (Å²) in [5.74, 6) is 0.629. The molecule has 0 aliphatic carbocycles. The maximum atomic E-state index is 11.2. The van der Waals surface area contributed by atoms with Crippen molar-refractivity contribution in [1.29, 1.82) is 0 Å². The Morgan fingerprint density at radius 3 is 2.94 bits per heavy atom. The van der Waals surface area contributed by atoms with Gasteiger partial charge >= 0.3 is 0 Å². The van der Waals surface area contributed by atoms with Crippen molar-refractivity contribution < 1.29 is 9.53 Å². The highest BCUT2D eigenvalue weighted by Crippen LogP contribution is 2.24. The average Bonchev–Trinajstić information content (AvgIpc) is 2.37. The molecule has 18 heavy (non-hydrogen) atoms. The van der Waals surface area contributed by atoms with E-state index in [-0.39, 0.29) is 11.9 Å². The molecule has 1 aliphatic heterocycles. The van der Waals surface area contributed by atoms with Crippen LogP contribution in [-0.2, 0) is 17.8 Å². The van der Waals surface area contributed by atoms with Crippen molar-refractivity contribution in [3.05, 3.63) is 29.3 Å².